The molecule has 0 saturated heterocycles. The molecule has 0 aromatic heterocycles. The van der Waals surface area contributed by atoms with Crippen LogP contribution in [0.2, 0.25) is 0 Å². The molecule has 0 bridgehead atoms. The van der Waals surface area contributed by atoms with Gasteiger partial charge in [-0.3, -0.25) is 4.79 Å². The number of aliphatic hydroxyl groups is 1. The molecule has 0 aliphatic heterocycles. The number of carbonyl (C=O) groups excluding carboxylic acids is 1. The minimum atomic E-state index is -0.352. The zero-order valence-corrected chi connectivity index (χ0v) is 9.36. The Labute approximate surface area is 91.1 Å². The summed E-state index contributed by atoms with van der Waals surface area (Å²) >= 11 is 0. The topological polar surface area (TPSA) is 61.4 Å². The monoisotopic (exact) mass is 212 g/mol. The summed E-state index contributed by atoms with van der Waals surface area (Å²) in [6, 6.07) is 0. The summed E-state index contributed by atoms with van der Waals surface area (Å²) in [5.74, 6) is -0.105. The highest BCUT2D eigenvalue weighted by Crippen LogP contribution is 1.77. The highest BCUT2D eigenvalue weighted by molar-refractivity contribution is 5.87. The van der Waals surface area contributed by atoms with Gasteiger partial charge >= 0.3 is 0 Å². The van der Waals surface area contributed by atoms with Crippen molar-refractivity contribution in [2.75, 3.05) is 19.6 Å². The second kappa shape index (κ2) is 9.43. The molecule has 1 amide bonds. The predicted molar refractivity (Wildman–Crippen MR) is 61.5 cm³/mol. The molecule has 1 unspecified atom stereocenters. The normalized spacial score (nSPS) is 13.5. The van der Waals surface area contributed by atoms with E-state index in [0.717, 1.165) is 0 Å². The first-order valence-corrected chi connectivity index (χ1v) is 5.12. The quantitative estimate of drug-likeness (QED) is 0.321. The fourth-order valence-corrected chi connectivity index (χ4v) is 0.898. The van der Waals surface area contributed by atoms with Crippen LogP contribution in [0.4, 0.5) is 0 Å². The molecule has 0 spiro atoms. The van der Waals surface area contributed by atoms with Gasteiger partial charge in [-0.25, -0.2) is 0 Å². The van der Waals surface area contributed by atoms with Crippen LogP contribution in [-0.2, 0) is 4.79 Å². The molecule has 0 aromatic rings. The molecule has 15 heavy (non-hydrogen) atoms. The van der Waals surface area contributed by atoms with Gasteiger partial charge < -0.3 is 15.7 Å². The van der Waals surface area contributed by atoms with Crippen LogP contribution in [0.25, 0.3) is 0 Å². The second-order valence-electron chi connectivity index (χ2n) is 3.23. The molecule has 0 saturated carbocycles. The van der Waals surface area contributed by atoms with Gasteiger partial charge in [-0.1, -0.05) is 18.2 Å². The number of rotatable bonds is 7. The molecule has 0 heterocycles. The van der Waals surface area contributed by atoms with Gasteiger partial charge in [0.15, 0.2) is 0 Å². The van der Waals surface area contributed by atoms with Crippen LogP contribution in [0.3, 0.4) is 0 Å². The summed E-state index contributed by atoms with van der Waals surface area (Å²) in [5, 5.41) is 14.7. The highest BCUT2D eigenvalue weighted by atomic mass is 16.3. The van der Waals surface area contributed by atoms with Crippen molar-refractivity contribution in [3.63, 3.8) is 0 Å². The first-order chi connectivity index (χ1) is 7.16. The van der Waals surface area contributed by atoms with Crippen molar-refractivity contribution in [3.8, 4) is 0 Å². The number of carbonyl (C=O) groups is 1. The molecule has 0 rings (SSSR count). The van der Waals surface area contributed by atoms with E-state index in [0.29, 0.717) is 19.6 Å². The van der Waals surface area contributed by atoms with Gasteiger partial charge in [0, 0.05) is 25.7 Å². The van der Waals surface area contributed by atoms with Crippen molar-refractivity contribution in [3.05, 3.63) is 24.3 Å². The van der Waals surface area contributed by atoms with Crippen LogP contribution in [0.15, 0.2) is 24.3 Å². The fourth-order valence-electron chi connectivity index (χ4n) is 0.898. The predicted octanol–water partition coefficient (Wildman–Crippen LogP) is 0.205. The summed E-state index contributed by atoms with van der Waals surface area (Å²) in [4.78, 5) is 11.1. The Morgan fingerprint density at radius 3 is 2.73 bits per heavy atom. The fraction of sp³-hybridized carbons (Fsp3) is 0.545. The molecule has 86 valence electrons. The van der Waals surface area contributed by atoms with Gasteiger partial charge in [-0.15, -0.1) is 0 Å². The summed E-state index contributed by atoms with van der Waals surface area (Å²) in [6.45, 7) is 5.37. The first kappa shape index (κ1) is 13.9. The molecular formula is C11H20N2O2. The zero-order valence-electron chi connectivity index (χ0n) is 9.36. The number of aliphatic hydroxyl groups excluding tert-OH is 1. The summed E-state index contributed by atoms with van der Waals surface area (Å²) in [5.41, 5.74) is 0. The lowest BCUT2D eigenvalue weighted by Gasteiger charge is -2.06. The minimum Gasteiger partial charge on any atom is -0.392 e. The van der Waals surface area contributed by atoms with Crippen LogP contribution in [0.1, 0.15) is 13.8 Å². The molecule has 0 fully saturated rings. The van der Waals surface area contributed by atoms with E-state index in [1.165, 1.54) is 6.08 Å². The Morgan fingerprint density at radius 2 is 2.13 bits per heavy atom. The van der Waals surface area contributed by atoms with Crippen LogP contribution in [0.5, 0.6) is 0 Å². The maximum Gasteiger partial charge on any atom is 0.244 e. The van der Waals surface area contributed by atoms with E-state index in [2.05, 4.69) is 10.6 Å². The van der Waals surface area contributed by atoms with Gasteiger partial charge in [-0.05, 0) is 13.8 Å². The number of hydrogen-bond donors (Lipinski definition) is 3. The van der Waals surface area contributed by atoms with E-state index in [-0.39, 0.29) is 12.0 Å². The van der Waals surface area contributed by atoms with Crippen molar-refractivity contribution >= 4 is 5.91 Å². The van der Waals surface area contributed by atoms with Gasteiger partial charge in [0.1, 0.15) is 0 Å². The molecule has 0 aliphatic carbocycles. The smallest absolute Gasteiger partial charge is 0.244 e. The first-order valence-electron chi connectivity index (χ1n) is 5.12. The van der Waals surface area contributed by atoms with Crippen LogP contribution in [-0.4, -0.2) is 36.8 Å². The maximum absolute atomic E-state index is 11.1. The third-order valence-corrected chi connectivity index (χ3v) is 1.59. The van der Waals surface area contributed by atoms with Crippen molar-refractivity contribution in [1.82, 2.24) is 10.6 Å². The van der Waals surface area contributed by atoms with E-state index >= 15 is 0 Å². The van der Waals surface area contributed by atoms with E-state index in [4.69, 9.17) is 5.11 Å². The minimum absolute atomic E-state index is 0.105. The lowest BCUT2D eigenvalue weighted by molar-refractivity contribution is -0.116. The van der Waals surface area contributed by atoms with Crippen molar-refractivity contribution in [2.24, 2.45) is 0 Å². The second-order valence-corrected chi connectivity index (χ2v) is 3.23. The number of allylic oxidation sites excluding steroid dienone is 3. The summed E-state index contributed by atoms with van der Waals surface area (Å²) < 4.78 is 0. The Bertz CT molecular complexity index is 223. The number of nitrogens with one attached hydrogen (secondary N) is 2. The maximum atomic E-state index is 11.1. The standard InChI is InChI=1S/C11H20N2O2/c1-3-4-5-6-11(15)13-8-7-12-9-10(2)14/h3-6,10,12,14H,7-9H2,1-2H3,(H,13,15). The van der Waals surface area contributed by atoms with Gasteiger partial charge in [0.2, 0.25) is 5.91 Å². The van der Waals surface area contributed by atoms with Crippen molar-refractivity contribution in [2.45, 2.75) is 20.0 Å². The Hall–Kier alpha value is -1.13. The Balaban J connectivity index is 3.39. The average molecular weight is 212 g/mol. The molecule has 4 heteroatoms. The Morgan fingerprint density at radius 1 is 1.40 bits per heavy atom. The third kappa shape index (κ3) is 10.8. The SMILES string of the molecule is CC=CC=CC(=O)NCCNCC(C)O. The van der Waals surface area contributed by atoms with E-state index in [1.54, 1.807) is 19.1 Å². The lowest BCUT2D eigenvalue weighted by atomic mass is 10.4. The lowest BCUT2D eigenvalue weighted by Crippen LogP contribution is -2.33. The summed E-state index contributed by atoms with van der Waals surface area (Å²) in [6.07, 6.45) is 6.47. The van der Waals surface area contributed by atoms with E-state index < -0.39 is 0 Å². The average Bonchev–Trinajstić information content (AvgIpc) is 2.17. The van der Waals surface area contributed by atoms with Gasteiger partial charge in [0.05, 0.1) is 6.10 Å². The zero-order chi connectivity index (χ0) is 11.5. The van der Waals surface area contributed by atoms with Crippen LogP contribution < -0.4 is 10.6 Å². The van der Waals surface area contributed by atoms with Crippen LogP contribution >= 0.6 is 0 Å². The van der Waals surface area contributed by atoms with Gasteiger partial charge in [0.25, 0.3) is 0 Å². The molecule has 4 nitrogen and oxygen atoms in total. The van der Waals surface area contributed by atoms with Crippen molar-refractivity contribution < 1.29 is 9.90 Å². The molecule has 1 atom stereocenters. The van der Waals surface area contributed by atoms with Crippen molar-refractivity contribution in [1.29, 1.82) is 0 Å². The van der Waals surface area contributed by atoms with E-state index in [1.807, 2.05) is 13.0 Å². The van der Waals surface area contributed by atoms with E-state index in [9.17, 15) is 4.79 Å². The molecular weight excluding hydrogens is 192 g/mol. The molecule has 0 aliphatic rings. The Kier molecular flexibility index (Phi) is 8.72. The van der Waals surface area contributed by atoms with Gasteiger partial charge in [-0.2, -0.15) is 0 Å². The number of amides is 1. The largest absolute Gasteiger partial charge is 0.392 e. The molecule has 0 aromatic carbocycles. The highest BCUT2D eigenvalue weighted by Gasteiger charge is 1.95. The summed E-state index contributed by atoms with van der Waals surface area (Å²) in [7, 11) is 0. The molecule has 0 radical (unpaired) electrons. The third-order valence-electron chi connectivity index (χ3n) is 1.59. The van der Waals surface area contributed by atoms with Crippen LogP contribution in [0, 0.1) is 0 Å². The number of hydrogen-bond acceptors (Lipinski definition) is 3. The molecule has 3 N–H and O–H groups in total.